The molecule has 0 aromatic heterocycles. The highest BCUT2D eigenvalue weighted by Crippen LogP contribution is 2.47. The molecule has 7 aliphatic rings. The molecule has 25 atom stereocenters. The number of carbonyl (C=O) groups is 2. The van der Waals surface area contributed by atoms with Crippen LogP contribution < -0.4 is 5.73 Å². The second-order valence-corrected chi connectivity index (χ2v) is 29.2. The molecule has 0 amide bonds. The standard InChI is InChI=1S/C48H83NO45S6/c1-9-12-14-16-77-26-22(18-80-95(54,55)56)83-40(25(49)29(26)78-17-15-13-10-2)88-38-32(73-5)34(75-7)43(90-47(38,11-3)45(50)51)87-28-24(20-82-97(60,61)62)85-42(37(94-100(69,70)71)31(28)92-98(63,64)65)89-39-33(74-6)35-44(91-48(39,21-79-35)46(52)53)86-27-23(19-81-96(57,58)59)84-41(76-8)36(30(27)72-4)93-99(66,67)68/h22-44H,9-21,49H2,1-8H3,(H,50,51)(H,52,53)(H,54,55,56)(H,57,58,59)(H,60,61,62)(H,63,64,65)(H,66,67,68)(H,69,70,71)/t22-,23-,24-,25-,26-,27-,28-,29-,30+,31+,32-,33-,34-,35-,36-,37-,38+,39+,40+,41+,42-,43-,44?,47+,48+/m1/s1. The topological polar surface area (TPSA) is 639 Å². The fourth-order valence-electron chi connectivity index (χ4n) is 12.0. The van der Waals surface area contributed by atoms with Gasteiger partial charge in [-0.15, -0.1) is 0 Å². The lowest BCUT2D eigenvalue weighted by Gasteiger charge is -2.57. The second kappa shape index (κ2) is 35.9. The molecule has 7 rings (SSSR count). The Bertz CT molecular complexity index is 3380. The van der Waals surface area contributed by atoms with Gasteiger partial charge >= 0.3 is 74.3 Å². The largest absolute Gasteiger partial charge is 0.479 e. The van der Waals surface area contributed by atoms with E-state index < -0.39 is 260 Å². The monoisotopic (exact) mass is 1590 g/mol. The van der Waals surface area contributed by atoms with Gasteiger partial charge in [0.25, 0.3) is 0 Å². The molecule has 0 aliphatic carbocycles. The van der Waals surface area contributed by atoms with E-state index in [0.717, 1.165) is 48.4 Å². The molecule has 2 bridgehead atoms. The molecule has 0 saturated carbocycles. The molecule has 46 nitrogen and oxygen atoms in total. The third-order valence-corrected chi connectivity index (χ3v) is 19.1. The van der Waals surface area contributed by atoms with E-state index >= 15 is 0 Å². The number of methoxy groups -OCH3 is 5. The normalized spacial score (nSPS) is 37.9. The Hall–Kier alpha value is -2.56. The summed E-state index contributed by atoms with van der Waals surface area (Å²) in [4.78, 5) is 27.8. The minimum Gasteiger partial charge on any atom is -0.479 e. The van der Waals surface area contributed by atoms with Crippen molar-refractivity contribution in [2.45, 2.75) is 218 Å². The Morgan fingerprint density at radius 1 is 0.430 bits per heavy atom. The van der Waals surface area contributed by atoms with Gasteiger partial charge in [-0.25, -0.2) is 34.7 Å². The lowest BCUT2D eigenvalue weighted by molar-refractivity contribution is -0.429. The fourth-order valence-corrected chi connectivity index (χ4v) is 14.4. The van der Waals surface area contributed by atoms with Crippen molar-refractivity contribution >= 4 is 74.3 Å². The first-order valence-electron chi connectivity index (χ1n) is 30.0. The van der Waals surface area contributed by atoms with Crippen molar-refractivity contribution in [1.29, 1.82) is 0 Å². The number of carboxylic acids is 2. The molecule has 0 aromatic carbocycles. The summed E-state index contributed by atoms with van der Waals surface area (Å²) in [5, 5.41) is 22.4. The van der Waals surface area contributed by atoms with Crippen molar-refractivity contribution in [1.82, 2.24) is 0 Å². The lowest BCUT2D eigenvalue weighted by atomic mass is 9.83. The summed E-state index contributed by atoms with van der Waals surface area (Å²) in [5.74, 6) is -4.09. The SMILES string of the molecule is CCCCCO[C@@H]1[C@@H](N)[C@H](O[C@H]2[C@H](OC)[C@@H](OC)[C@H](O[C@H]3[C@H](OS(=O)(=O)O)[C@@H](OS(=O)(=O)O)[C@@H](O[C@H]4[C@H](OC)[C@H]5OC[C@]4(C(=O)O)OC5O[C@H]4[C@H](OC)[C@@H](OS(=O)(=O)O)[C@@H](OC)O[C@@H]4COS(=O)(=O)O)O[C@@H]3COS(=O)(=O)O)O[C@]2(CC)C(=O)O)O[C@H](COS(=O)(=O)O)[C@H]1OCCCCC. The van der Waals surface area contributed by atoms with Crippen LogP contribution in [0.15, 0.2) is 0 Å². The minimum atomic E-state index is -6.16. The molecule has 7 saturated heterocycles. The molecule has 7 fully saturated rings. The maximum Gasteiger partial charge on any atom is 0.397 e. The van der Waals surface area contributed by atoms with Gasteiger partial charge < -0.3 is 96.5 Å². The predicted molar refractivity (Wildman–Crippen MR) is 314 cm³/mol. The van der Waals surface area contributed by atoms with Crippen molar-refractivity contribution in [3.8, 4) is 0 Å². The van der Waals surface area contributed by atoms with Gasteiger partial charge in [-0.05, 0) is 19.3 Å². The molecule has 100 heavy (non-hydrogen) atoms. The molecule has 10 N–H and O–H groups in total. The maximum absolute atomic E-state index is 14.0. The molecule has 0 radical (unpaired) electrons. The van der Waals surface area contributed by atoms with E-state index in [1.807, 2.05) is 13.8 Å². The van der Waals surface area contributed by atoms with E-state index in [1.54, 1.807) is 0 Å². The van der Waals surface area contributed by atoms with Gasteiger partial charge in [-0.1, -0.05) is 46.5 Å². The summed E-state index contributed by atoms with van der Waals surface area (Å²) in [6.45, 7) is -0.0438. The summed E-state index contributed by atoms with van der Waals surface area (Å²) in [6, 6.07) is -1.50. The number of ether oxygens (including phenoxy) is 17. The van der Waals surface area contributed by atoms with Crippen molar-refractivity contribution in [3.05, 3.63) is 0 Å². The smallest absolute Gasteiger partial charge is 0.397 e. The quantitative estimate of drug-likeness (QED) is 0.0209. The van der Waals surface area contributed by atoms with Crippen molar-refractivity contribution < 1.29 is 203 Å². The Morgan fingerprint density at radius 3 is 1.30 bits per heavy atom. The van der Waals surface area contributed by atoms with Crippen molar-refractivity contribution in [2.24, 2.45) is 5.73 Å². The van der Waals surface area contributed by atoms with E-state index in [-0.39, 0.29) is 13.2 Å². The highest BCUT2D eigenvalue weighted by atomic mass is 32.3. The highest BCUT2D eigenvalue weighted by molar-refractivity contribution is 7.82. The van der Waals surface area contributed by atoms with Gasteiger partial charge in [0.15, 0.2) is 49.3 Å². The number of hydrogen-bond acceptors (Lipinski definition) is 38. The summed E-state index contributed by atoms with van der Waals surface area (Å²) in [5.41, 5.74) is 0.750. The molecule has 0 aromatic rings. The first-order valence-corrected chi connectivity index (χ1v) is 38.2. The van der Waals surface area contributed by atoms with Gasteiger partial charge in [-0.2, -0.15) is 50.5 Å². The van der Waals surface area contributed by atoms with Gasteiger partial charge in [0.05, 0.1) is 32.5 Å². The van der Waals surface area contributed by atoms with Crippen LogP contribution in [0.3, 0.4) is 0 Å². The van der Waals surface area contributed by atoms with Crippen LogP contribution in [-0.4, -0.2) is 328 Å². The molecule has 7 aliphatic heterocycles. The first-order chi connectivity index (χ1) is 46.5. The van der Waals surface area contributed by atoms with Crippen LogP contribution in [0.2, 0.25) is 0 Å². The van der Waals surface area contributed by atoms with Crippen molar-refractivity contribution in [3.63, 3.8) is 0 Å². The van der Waals surface area contributed by atoms with Gasteiger partial charge in [-0.3, -0.25) is 27.3 Å². The van der Waals surface area contributed by atoms with Crippen LogP contribution in [0.5, 0.6) is 0 Å². The third-order valence-electron chi connectivity index (χ3n) is 16.4. The summed E-state index contributed by atoms with van der Waals surface area (Å²) >= 11 is 0. The van der Waals surface area contributed by atoms with E-state index in [9.17, 15) is 97.6 Å². The van der Waals surface area contributed by atoms with Crippen molar-refractivity contribution in [2.75, 3.05) is 75.2 Å². The number of rotatable bonds is 41. The molecule has 7 heterocycles. The number of hydrogen-bond donors (Lipinski definition) is 9. The van der Waals surface area contributed by atoms with E-state index in [2.05, 4.69) is 8.37 Å². The Labute approximate surface area is 574 Å². The number of unbranched alkanes of at least 4 members (excludes halogenated alkanes) is 4. The fraction of sp³-hybridized carbons (Fsp3) is 0.958. The minimum absolute atomic E-state index is 0.0215. The van der Waals surface area contributed by atoms with Crippen LogP contribution in [0.4, 0.5) is 0 Å². The van der Waals surface area contributed by atoms with E-state index in [0.29, 0.717) is 25.7 Å². The zero-order valence-corrected chi connectivity index (χ0v) is 59.1. The van der Waals surface area contributed by atoms with E-state index in [4.69, 9.17) is 103 Å². The van der Waals surface area contributed by atoms with Crippen LogP contribution in [0.25, 0.3) is 0 Å². The average Bonchev–Trinajstić information content (AvgIpc) is 0.723. The van der Waals surface area contributed by atoms with Gasteiger partial charge in [0.1, 0.15) is 91.6 Å². The summed E-state index contributed by atoms with van der Waals surface area (Å²) in [7, 11) is -29.5. The van der Waals surface area contributed by atoms with Gasteiger partial charge in [0.2, 0.25) is 5.60 Å². The van der Waals surface area contributed by atoms with Gasteiger partial charge in [0, 0.05) is 48.8 Å². The molecule has 52 heteroatoms. The molecule has 0 spiro atoms. The highest BCUT2D eigenvalue weighted by Gasteiger charge is 2.70. The zero-order chi connectivity index (χ0) is 74.9. The molecule has 586 valence electrons. The van der Waals surface area contributed by atoms with E-state index in [1.165, 1.54) is 6.92 Å². The third kappa shape index (κ3) is 22.3. The summed E-state index contributed by atoms with van der Waals surface area (Å²) < 4.78 is 337. The second-order valence-electron chi connectivity index (χ2n) is 22.7. The first kappa shape index (κ1) is 86.4. The average molecular weight is 1590 g/mol. The zero-order valence-electron chi connectivity index (χ0n) is 54.2. The van der Waals surface area contributed by atoms with Crippen LogP contribution in [0, 0.1) is 0 Å². The number of fused-ring (bicyclic) bond motifs is 3. The summed E-state index contributed by atoms with van der Waals surface area (Å²) in [6.07, 6.45) is -44.6. The van der Waals surface area contributed by atoms with Crippen LogP contribution >= 0.6 is 0 Å². The Kier molecular flexibility index (Phi) is 31.0. The molecule has 1 unspecified atom stereocenters. The van der Waals surface area contributed by atoms with Crippen LogP contribution in [0.1, 0.15) is 65.7 Å². The number of aliphatic carboxylic acids is 2. The van der Waals surface area contributed by atoms with Crippen LogP contribution in [-0.2, 0) is 178 Å². The maximum atomic E-state index is 14.0. The molecular weight excluding hydrogens is 1500 g/mol. The molecular formula is C48H83NO45S6. The number of carboxylic acid groups (broad SMARTS) is 2. The Balaban J connectivity index is 1.44. The lowest BCUT2D eigenvalue weighted by Crippen LogP contribution is -2.78. The Morgan fingerprint density at radius 2 is 0.860 bits per heavy atom. The number of nitrogens with two attached hydrogens (primary N) is 1. The predicted octanol–water partition coefficient (Wildman–Crippen LogP) is -3.92.